The van der Waals surface area contributed by atoms with Crippen LogP contribution in [-0.4, -0.2) is 39.3 Å². The number of hydrogen-bond donors (Lipinski definition) is 2. The summed E-state index contributed by atoms with van der Waals surface area (Å²) in [6.45, 7) is 3.39. The van der Waals surface area contributed by atoms with Gasteiger partial charge in [-0.05, 0) is 44.2 Å². The van der Waals surface area contributed by atoms with Gasteiger partial charge >= 0.3 is 6.09 Å². The molecule has 31 heavy (non-hydrogen) atoms. The first-order chi connectivity index (χ1) is 14.7. The van der Waals surface area contributed by atoms with Gasteiger partial charge in [-0.3, -0.25) is 15.1 Å². The van der Waals surface area contributed by atoms with Gasteiger partial charge < -0.3 is 10.1 Å². The highest BCUT2D eigenvalue weighted by Gasteiger charge is 2.26. The minimum atomic E-state index is -0.953. The Morgan fingerprint density at radius 1 is 1.06 bits per heavy atom. The molecule has 0 unspecified atom stereocenters. The van der Waals surface area contributed by atoms with Crippen molar-refractivity contribution in [2.75, 3.05) is 12.4 Å². The largest absolute Gasteiger partial charge is 0.453 e. The Bertz CT molecular complexity index is 1120. The molecule has 0 saturated heterocycles. The van der Waals surface area contributed by atoms with E-state index in [9.17, 15) is 18.4 Å². The fraction of sp³-hybridized carbons (Fsp3) is 0.200. The second-order valence-electron chi connectivity index (χ2n) is 6.89. The summed E-state index contributed by atoms with van der Waals surface area (Å²) in [5.74, 6) is -1.86. The number of carbonyl (C=O) groups is 2. The maximum Gasteiger partial charge on any atom is 0.413 e. The van der Waals surface area contributed by atoms with Gasteiger partial charge in [0, 0.05) is 17.3 Å². The number of benzene rings is 1. The van der Waals surface area contributed by atoms with Gasteiger partial charge in [-0.1, -0.05) is 0 Å². The lowest BCUT2D eigenvalue weighted by Gasteiger charge is -2.25. The van der Waals surface area contributed by atoms with Crippen LogP contribution in [-0.2, 0) is 10.3 Å². The number of hydrogen-bond acceptors (Lipinski definition) is 8. The van der Waals surface area contributed by atoms with Gasteiger partial charge in [0.15, 0.2) is 0 Å². The molecule has 0 radical (unpaired) electrons. The number of ether oxygens (including phenoxy) is 1. The molecule has 0 fully saturated rings. The molecular formula is C20H18F2N6O3. The number of nitrogens with zero attached hydrogens (tertiary/aromatic N) is 4. The number of pyridine rings is 1. The van der Waals surface area contributed by atoms with E-state index < -0.39 is 29.2 Å². The smallest absolute Gasteiger partial charge is 0.413 e. The van der Waals surface area contributed by atoms with Crippen molar-refractivity contribution in [3.8, 4) is 11.3 Å². The molecule has 0 bridgehead atoms. The van der Waals surface area contributed by atoms with Crippen molar-refractivity contribution in [3.05, 3.63) is 65.6 Å². The number of aromatic nitrogens is 4. The molecule has 0 atom stereocenters. The third kappa shape index (κ3) is 4.94. The van der Waals surface area contributed by atoms with Crippen molar-refractivity contribution in [2.24, 2.45) is 0 Å². The molecule has 2 aromatic heterocycles. The zero-order chi connectivity index (χ0) is 22.6. The highest BCUT2D eigenvalue weighted by molar-refractivity contribution is 6.03. The normalized spacial score (nSPS) is 11.0. The summed E-state index contributed by atoms with van der Waals surface area (Å²) in [5, 5.41) is 12.8. The van der Waals surface area contributed by atoms with Crippen LogP contribution in [0.3, 0.4) is 0 Å². The molecule has 0 aliphatic carbocycles. The maximum absolute atomic E-state index is 14.3. The summed E-state index contributed by atoms with van der Waals surface area (Å²) < 4.78 is 32.7. The minimum Gasteiger partial charge on any atom is -0.453 e. The van der Waals surface area contributed by atoms with Crippen LogP contribution >= 0.6 is 0 Å². The summed E-state index contributed by atoms with van der Waals surface area (Å²) in [4.78, 5) is 31.4. The molecule has 0 saturated carbocycles. The van der Waals surface area contributed by atoms with E-state index in [1.807, 2.05) is 5.32 Å². The first-order valence-electron chi connectivity index (χ1n) is 8.99. The Balaban J connectivity index is 1.83. The molecule has 0 aliphatic heterocycles. The minimum absolute atomic E-state index is 0.0116. The number of nitrogens with one attached hydrogen (secondary N) is 2. The summed E-state index contributed by atoms with van der Waals surface area (Å²) in [6.07, 6.45) is 1.77. The molecular weight excluding hydrogens is 410 g/mol. The average Bonchev–Trinajstić information content (AvgIpc) is 2.74. The van der Waals surface area contributed by atoms with E-state index in [1.165, 1.54) is 36.7 Å². The van der Waals surface area contributed by atoms with Crippen LogP contribution in [0.25, 0.3) is 11.3 Å². The number of halogens is 2. The monoisotopic (exact) mass is 428 g/mol. The molecule has 2 amide bonds. The van der Waals surface area contributed by atoms with Crippen LogP contribution in [0.2, 0.25) is 0 Å². The fourth-order valence-corrected chi connectivity index (χ4v) is 2.72. The number of imide groups is 1. The van der Waals surface area contributed by atoms with Gasteiger partial charge in [-0.2, -0.15) is 0 Å². The summed E-state index contributed by atoms with van der Waals surface area (Å²) >= 11 is 0. The molecule has 9 nitrogen and oxygen atoms in total. The molecule has 2 N–H and O–H groups in total. The van der Waals surface area contributed by atoms with Crippen molar-refractivity contribution in [3.63, 3.8) is 0 Å². The summed E-state index contributed by atoms with van der Waals surface area (Å²) in [5.41, 5.74) is -0.765. The first-order valence-corrected chi connectivity index (χ1v) is 8.99. The molecule has 0 aliphatic rings. The quantitative estimate of drug-likeness (QED) is 0.637. The van der Waals surface area contributed by atoms with Crippen molar-refractivity contribution in [1.82, 2.24) is 25.5 Å². The van der Waals surface area contributed by atoms with Crippen molar-refractivity contribution in [1.29, 1.82) is 0 Å². The van der Waals surface area contributed by atoms with E-state index in [2.05, 4.69) is 30.2 Å². The van der Waals surface area contributed by atoms with E-state index in [4.69, 9.17) is 0 Å². The Morgan fingerprint density at radius 2 is 1.84 bits per heavy atom. The number of anilines is 1. The van der Waals surface area contributed by atoms with Gasteiger partial charge in [0.25, 0.3) is 5.91 Å². The number of alkyl carbamates (subject to hydrolysis) is 1. The third-order valence-electron chi connectivity index (χ3n) is 4.24. The lowest BCUT2D eigenvalue weighted by molar-refractivity contribution is 0.0937. The third-order valence-corrected chi connectivity index (χ3v) is 4.24. The molecule has 160 valence electrons. The first kappa shape index (κ1) is 21.7. The molecule has 1 aromatic carbocycles. The van der Waals surface area contributed by atoms with Crippen LogP contribution in [0, 0.1) is 11.6 Å². The van der Waals surface area contributed by atoms with Gasteiger partial charge in [-0.25, -0.2) is 18.6 Å². The van der Waals surface area contributed by atoms with Crippen molar-refractivity contribution < 1.29 is 23.1 Å². The molecule has 3 aromatic rings. The highest BCUT2D eigenvalue weighted by Crippen LogP contribution is 2.25. The summed E-state index contributed by atoms with van der Waals surface area (Å²) in [7, 11) is 1.11. The number of rotatable bonds is 5. The van der Waals surface area contributed by atoms with Crippen LogP contribution in [0.4, 0.5) is 19.5 Å². The molecule has 0 spiro atoms. The Hall–Kier alpha value is -4.02. The average molecular weight is 428 g/mol. The fourth-order valence-electron chi connectivity index (χ4n) is 2.72. The van der Waals surface area contributed by atoms with Crippen LogP contribution in [0.1, 0.15) is 29.9 Å². The van der Waals surface area contributed by atoms with E-state index in [1.54, 1.807) is 13.8 Å². The number of amides is 2. The van der Waals surface area contributed by atoms with E-state index in [0.717, 1.165) is 13.2 Å². The Kier molecular flexibility index (Phi) is 6.14. The predicted molar refractivity (Wildman–Crippen MR) is 106 cm³/mol. The van der Waals surface area contributed by atoms with Crippen LogP contribution < -0.4 is 10.6 Å². The lowest BCUT2D eigenvalue weighted by Crippen LogP contribution is -2.31. The van der Waals surface area contributed by atoms with Crippen LogP contribution in [0.5, 0.6) is 0 Å². The van der Waals surface area contributed by atoms with E-state index in [-0.39, 0.29) is 28.5 Å². The highest BCUT2D eigenvalue weighted by atomic mass is 19.1. The van der Waals surface area contributed by atoms with Crippen LogP contribution in [0.15, 0.2) is 42.7 Å². The van der Waals surface area contributed by atoms with Gasteiger partial charge in [0.05, 0.1) is 18.8 Å². The zero-order valence-electron chi connectivity index (χ0n) is 16.8. The molecule has 11 heteroatoms. The maximum atomic E-state index is 14.3. The molecule has 3 rings (SSSR count). The zero-order valence-corrected chi connectivity index (χ0v) is 16.8. The summed E-state index contributed by atoms with van der Waals surface area (Å²) in [6, 6.07) is 6.25. The van der Waals surface area contributed by atoms with Gasteiger partial charge in [0.2, 0.25) is 5.95 Å². The second kappa shape index (κ2) is 8.78. The Labute approximate surface area is 175 Å². The van der Waals surface area contributed by atoms with Gasteiger partial charge in [-0.15, -0.1) is 10.2 Å². The Morgan fingerprint density at radius 3 is 2.48 bits per heavy atom. The topological polar surface area (TPSA) is 119 Å². The van der Waals surface area contributed by atoms with E-state index >= 15 is 0 Å². The lowest BCUT2D eigenvalue weighted by atomic mass is 9.99. The standard InChI is InChI=1S/C20H18F2N6O3/c1-20(2,16-14(22)5-4-8-23-16)26-18-24-10-15(27-28-18)12-9-11(6-7-13(12)21)17(29)25-19(30)31-3/h4-10H,1-3H3,(H,24,26,28)(H,25,29,30). The van der Waals surface area contributed by atoms with Gasteiger partial charge in [0.1, 0.15) is 23.0 Å². The van der Waals surface area contributed by atoms with Crippen molar-refractivity contribution >= 4 is 17.9 Å². The molecule has 2 heterocycles. The number of carbonyl (C=O) groups excluding carboxylic acids is 2. The second-order valence-corrected chi connectivity index (χ2v) is 6.89. The predicted octanol–water partition coefficient (Wildman–Crippen LogP) is 3.06. The number of methoxy groups -OCH3 is 1. The van der Waals surface area contributed by atoms with Crippen molar-refractivity contribution in [2.45, 2.75) is 19.4 Å². The van der Waals surface area contributed by atoms with E-state index in [0.29, 0.717) is 0 Å². The SMILES string of the molecule is COC(=O)NC(=O)c1ccc(F)c(-c2cnc(NC(C)(C)c3ncccc3F)nn2)c1.